The third-order valence-corrected chi connectivity index (χ3v) is 3.36. The number of halogens is 1. The van der Waals surface area contributed by atoms with E-state index in [1.165, 1.54) is 11.8 Å². The van der Waals surface area contributed by atoms with Gasteiger partial charge < -0.3 is 5.11 Å². The molecular formula is C12H8BrNO2S. The van der Waals surface area contributed by atoms with Crippen LogP contribution in [0.4, 0.5) is 0 Å². The number of aromatic nitrogens is 1. The molecule has 0 saturated heterocycles. The minimum atomic E-state index is -0.936. The van der Waals surface area contributed by atoms with Crippen molar-refractivity contribution in [2.45, 2.75) is 9.92 Å². The van der Waals surface area contributed by atoms with Crippen molar-refractivity contribution < 1.29 is 9.90 Å². The van der Waals surface area contributed by atoms with Crippen LogP contribution >= 0.6 is 27.7 Å². The van der Waals surface area contributed by atoms with Crippen LogP contribution in [0.3, 0.4) is 0 Å². The number of carboxylic acids is 1. The number of rotatable bonds is 3. The van der Waals surface area contributed by atoms with Gasteiger partial charge in [0.2, 0.25) is 0 Å². The van der Waals surface area contributed by atoms with E-state index in [0.717, 1.165) is 14.4 Å². The lowest BCUT2D eigenvalue weighted by molar-refractivity contribution is 0.0696. The number of carbonyl (C=O) groups is 1. The summed E-state index contributed by atoms with van der Waals surface area (Å²) in [6.45, 7) is 0. The van der Waals surface area contributed by atoms with Crippen molar-refractivity contribution in [3.05, 3.63) is 52.6 Å². The smallest absolute Gasteiger partial charge is 0.335 e. The third-order valence-electron chi connectivity index (χ3n) is 1.98. The minimum absolute atomic E-state index is 0.262. The summed E-state index contributed by atoms with van der Waals surface area (Å²) in [5.74, 6) is -0.936. The number of hydrogen-bond donors (Lipinski definition) is 1. The minimum Gasteiger partial charge on any atom is -0.478 e. The largest absolute Gasteiger partial charge is 0.478 e. The van der Waals surface area contributed by atoms with Gasteiger partial charge in [0.05, 0.1) is 5.56 Å². The average molecular weight is 310 g/mol. The molecule has 0 radical (unpaired) electrons. The molecule has 1 heterocycles. The molecule has 3 nitrogen and oxygen atoms in total. The van der Waals surface area contributed by atoms with Gasteiger partial charge in [-0.1, -0.05) is 33.8 Å². The van der Waals surface area contributed by atoms with Gasteiger partial charge in [-0.25, -0.2) is 9.78 Å². The molecule has 0 fully saturated rings. The molecule has 2 aromatic rings. The quantitative estimate of drug-likeness (QED) is 0.939. The highest BCUT2D eigenvalue weighted by molar-refractivity contribution is 9.10. The van der Waals surface area contributed by atoms with Gasteiger partial charge in [0.15, 0.2) is 0 Å². The fraction of sp³-hybridized carbons (Fsp3) is 0. The molecule has 0 aliphatic heterocycles. The number of carboxylic acid groups (broad SMARTS) is 1. The summed E-state index contributed by atoms with van der Waals surface area (Å²) in [5, 5.41) is 9.79. The van der Waals surface area contributed by atoms with E-state index in [-0.39, 0.29) is 5.56 Å². The Kier molecular flexibility index (Phi) is 3.81. The Morgan fingerprint density at radius 3 is 2.76 bits per heavy atom. The number of benzene rings is 1. The van der Waals surface area contributed by atoms with Crippen molar-refractivity contribution in [1.82, 2.24) is 4.98 Å². The number of pyridine rings is 1. The highest BCUT2D eigenvalue weighted by atomic mass is 79.9. The van der Waals surface area contributed by atoms with E-state index < -0.39 is 5.97 Å². The molecule has 0 unspecified atom stereocenters. The fourth-order valence-corrected chi connectivity index (χ4v) is 2.79. The lowest BCUT2D eigenvalue weighted by Gasteiger charge is -2.03. The first-order valence-corrected chi connectivity index (χ1v) is 6.39. The summed E-state index contributed by atoms with van der Waals surface area (Å²) in [6.07, 6.45) is 1.71. The molecule has 1 aromatic carbocycles. The molecule has 2 rings (SSSR count). The zero-order chi connectivity index (χ0) is 12.3. The average Bonchev–Trinajstić information content (AvgIpc) is 2.29. The molecule has 0 amide bonds. The third kappa shape index (κ3) is 3.31. The van der Waals surface area contributed by atoms with Crippen LogP contribution in [0.25, 0.3) is 0 Å². The summed E-state index contributed by atoms with van der Waals surface area (Å²) < 4.78 is 0.746. The summed E-state index contributed by atoms with van der Waals surface area (Å²) in [5.41, 5.74) is 0.262. The lowest BCUT2D eigenvalue weighted by atomic mass is 10.2. The van der Waals surface area contributed by atoms with Gasteiger partial charge in [-0.05, 0) is 30.3 Å². The van der Waals surface area contributed by atoms with Crippen LogP contribution in [-0.4, -0.2) is 16.1 Å². The highest BCUT2D eigenvalue weighted by Crippen LogP contribution is 2.29. The van der Waals surface area contributed by atoms with E-state index in [2.05, 4.69) is 20.9 Å². The Balaban J connectivity index is 2.30. The topological polar surface area (TPSA) is 50.2 Å². The zero-order valence-corrected chi connectivity index (χ0v) is 11.0. The monoisotopic (exact) mass is 309 g/mol. The summed E-state index contributed by atoms with van der Waals surface area (Å²) in [4.78, 5) is 15.9. The molecule has 86 valence electrons. The number of aromatic carboxylic acids is 1. The van der Waals surface area contributed by atoms with Crippen LogP contribution in [0.1, 0.15) is 10.4 Å². The van der Waals surface area contributed by atoms with Gasteiger partial charge in [-0.15, -0.1) is 0 Å². The van der Waals surface area contributed by atoms with Gasteiger partial charge >= 0.3 is 5.97 Å². The second-order valence-electron chi connectivity index (χ2n) is 3.25. The second-order valence-corrected chi connectivity index (χ2v) is 5.26. The summed E-state index contributed by atoms with van der Waals surface area (Å²) in [6, 6.07) is 10.7. The molecule has 0 aliphatic carbocycles. The fourth-order valence-electron chi connectivity index (χ4n) is 1.27. The molecule has 17 heavy (non-hydrogen) atoms. The normalized spacial score (nSPS) is 10.2. The lowest BCUT2D eigenvalue weighted by Crippen LogP contribution is -1.96. The predicted octanol–water partition coefficient (Wildman–Crippen LogP) is 3.69. The SMILES string of the molecule is O=C(O)c1cc(Br)cc(Sc2ccccn2)c1. The van der Waals surface area contributed by atoms with E-state index in [4.69, 9.17) is 5.11 Å². The van der Waals surface area contributed by atoms with E-state index in [1.807, 2.05) is 24.3 Å². The van der Waals surface area contributed by atoms with Crippen molar-refractivity contribution in [1.29, 1.82) is 0 Å². The molecule has 0 saturated carbocycles. The van der Waals surface area contributed by atoms with Gasteiger partial charge in [-0.3, -0.25) is 0 Å². The molecule has 5 heteroatoms. The highest BCUT2D eigenvalue weighted by Gasteiger charge is 2.07. The van der Waals surface area contributed by atoms with Crippen molar-refractivity contribution in [2.75, 3.05) is 0 Å². The van der Waals surface area contributed by atoms with Crippen molar-refractivity contribution in [3.8, 4) is 0 Å². The van der Waals surface area contributed by atoms with E-state index in [0.29, 0.717) is 0 Å². The van der Waals surface area contributed by atoms with Crippen LogP contribution in [0.15, 0.2) is 57.0 Å². The van der Waals surface area contributed by atoms with Crippen LogP contribution in [0.5, 0.6) is 0 Å². The van der Waals surface area contributed by atoms with E-state index >= 15 is 0 Å². The Morgan fingerprint density at radius 1 is 1.29 bits per heavy atom. The molecule has 1 aromatic heterocycles. The Bertz CT molecular complexity index is 545. The predicted molar refractivity (Wildman–Crippen MR) is 69.5 cm³/mol. The first kappa shape index (κ1) is 12.1. The molecular weight excluding hydrogens is 302 g/mol. The molecule has 0 atom stereocenters. The van der Waals surface area contributed by atoms with Crippen molar-refractivity contribution >= 4 is 33.7 Å². The maximum atomic E-state index is 10.9. The maximum Gasteiger partial charge on any atom is 0.335 e. The van der Waals surface area contributed by atoms with Gasteiger partial charge in [-0.2, -0.15) is 0 Å². The van der Waals surface area contributed by atoms with Gasteiger partial charge in [0, 0.05) is 15.6 Å². The van der Waals surface area contributed by atoms with Gasteiger partial charge in [0.1, 0.15) is 5.03 Å². The van der Waals surface area contributed by atoms with Crippen molar-refractivity contribution in [2.24, 2.45) is 0 Å². The van der Waals surface area contributed by atoms with E-state index in [9.17, 15) is 4.79 Å². The zero-order valence-electron chi connectivity index (χ0n) is 8.63. The first-order chi connectivity index (χ1) is 8.15. The maximum absolute atomic E-state index is 10.9. The molecule has 0 aliphatic rings. The summed E-state index contributed by atoms with van der Waals surface area (Å²) in [7, 11) is 0. The van der Waals surface area contributed by atoms with Crippen LogP contribution in [0.2, 0.25) is 0 Å². The van der Waals surface area contributed by atoms with Crippen LogP contribution in [0, 0.1) is 0 Å². The van der Waals surface area contributed by atoms with Gasteiger partial charge in [0.25, 0.3) is 0 Å². The second kappa shape index (κ2) is 5.33. The van der Waals surface area contributed by atoms with Crippen LogP contribution in [-0.2, 0) is 0 Å². The standard InChI is InChI=1S/C12H8BrNO2S/c13-9-5-8(12(15)16)6-10(7-9)17-11-3-1-2-4-14-11/h1-7H,(H,15,16). The van der Waals surface area contributed by atoms with Crippen molar-refractivity contribution in [3.63, 3.8) is 0 Å². The first-order valence-electron chi connectivity index (χ1n) is 4.78. The Labute approximate surface area is 111 Å². The molecule has 1 N–H and O–H groups in total. The number of hydrogen-bond acceptors (Lipinski definition) is 3. The van der Waals surface area contributed by atoms with Crippen LogP contribution < -0.4 is 0 Å². The molecule has 0 spiro atoms. The van der Waals surface area contributed by atoms with E-state index in [1.54, 1.807) is 18.3 Å². The Morgan fingerprint density at radius 2 is 2.12 bits per heavy atom. The molecule has 0 bridgehead atoms. The Hall–Kier alpha value is -1.33. The number of nitrogens with zero attached hydrogens (tertiary/aromatic N) is 1. The summed E-state index contributed by atoms with van der Waals surface area (Å²) >= 11 is 4.73.